The Morgan fingerprint density at radius 3 is 2.67 bits per heavy atom. The van der Waals surface area contributed by atoms with E-state index in [-0.39, 0.29) is 0 Å². The minimum atomic E-state index is 0.565. The fraction of sp³-hybridized carbons (Fsp3) is 0.222. The lowest BCUT2D eigenvalue weighted by atomic mass is 10.1. The van der Waals surface area contributed by atoms with Gasteiger partial charge in [0.2, 0.25) is 0 Å². The molecule has 0 aliphatic rings. The smallest absolute Gasteiger partial charge is 0.151 e. The van der Waals surface area contributed by atoms with Gasteiger partial charge in [-0.25, -0.2) is 0 Å². The van der Waals surface area contributed by atoms with Crippen molar-refractivity contribution in [1.82, 2.24) is 0 Å². The standard InChI is InChI=1S/C9H10O2S/c1-6-3-7(5-10)9(12)8(4-6)11-2/h3-5,12H,1-2H3. The second-order valence-electron chi connectivity index (χ2n) is 2.52. The number of ether oxygens (including phenoxy) is 1. The maximum Gasteiger partial charge on any atom is 0.151 e. The second kappa shape index (κ2) is 3.63. The average Bonchev–Trinajstić information content (AvgIpc) is 2.08. The number of methoxy groups -OCH3 is 1. The van der Waals surface area contributed by atoms with Gasteiger partial charge in [-0.3, -0.25) is 4.79 Å². The van der Waals surface area contributed by atoms with E-state index < -0.39 is 0 Å². The lowest BCUT2D eigenvalue weighted by Crippen LogP contribution is -1.91. The van der Waals surface area contributed by atoms with Gasteiger partial charge < -0.3 is 4.74 Å². The Balaban J connectivity index is 3.31. The first kappa shape index (κ1) is 9.13. The molecule has 0 aliphatic heterocycles. The lowest BCUT2D eigenvalue weighted by Gasteiger charge is -2.06. The van der Waals surface area contributed by atoms with Crippen LogP contribution in [0.1, 0.15) is 15.9 Å². The van der Waals surface area contributed by atoms with Crippen molar-refractivity contribution < 1.29 is 9.53 Å². The quantitative estimate of drug-likeness (QED) is 0.560. The van der Waals surface area contributed by atoms with Crippen LogP contribution in [0.5, 0.6) is 5.75 Å². The first-order valence-electron chi connectivity index (χ1n) is 3.52. The number of aryl methyl sites for hydroxylation is 1. The summed E-state index contributed by atoms with van der Waals surface area (Å²) < 4.78 is 5.03. The summed E-state index contributed by atoms with van der Waals surface area (Å²) in [5.41, 5.74) is 1.56. The van der Waals surface area contributed by atoms with Crippen LogP contribution in [0.25, 0.3) is 0 Å². The maximum absolute atomic E-state index is 10.5. The zero-order valence-corrected chi connectivity index (χ0v) is 7.89. The van der Waals surface area contributed by atoms with Gasteiger partial charge in [0.15, 0.2) is 6.29 Å². The molecule has 0 bridgehead atoms. The van der Waals surface area contributed by atoms with Gasteiger partial charge in [-0.2, -0.15) is 0 Å². The van der Waals surface area contributed by atoms with E-state index in [0.29, 0.717) is 16.2 Å². The van der Waals surface area contributed by atoms with Crippen LogP contribution < -0.4 is 4.74 Å². The van der Waals surface area contributed by atoms with Gasteiger partial charge in [-0.05, 0) is 24.6 Å². The van der Waals surface area contributed by atoms with Gasteiger partial charge in [-0.1, -0.05) is 0 Å². The Labute approximate surface area is 77.0 Å². The van der Waals surface area contributed by atoms with Crippen LogP contribution in [0.15, 0.2) is 17.0 Å². The van der Waals surface area contributed by atoms with Gasteiger partial charge >= 0.3 is 0 Å². The third kappa shape index (κ3) is 1.61. The van der Waals surface area contributed by atoms with Gasteiger partial charge in [0.1, 0.15) is 5.75 Å². The Hall–Kier alpha value is -0.960. The van der Waals surface area contributed by atoms with Crippen molar-refractivity contribution in [2.24, 2.45) is 0 Å². The van der Waals surface area contributed by atoms with E-state index in [9.17, 15) is 4.79 Å². The number of hydrogen-bond acceptors (Lipinski definition) is 3. The molecule has 64 valence electrons. The van der Waals surface area contributed by atoms with Crippen LogP contribution in [-0.4, -0.2) is 13.4 Å². The SMILES string of the molecule is COc1cc(C)cc(C=O)c1S. The Kier molecular flexibility index (Phi) is 2.76. The summed E-state index contributed by atoms with van der Waals surface area (Å²) >= 11 is 4.16. The number of hydrogen-bond donors (Lipinski definition) is 1. The monoisotopic (exact) mass is 182 g/mol. The van der Waals surface area contributed by atoms with Crippen molar-refractivity contribution >= 4 is 18.9 Å². The van der Waals surface area contributed by atoms with Gasteiger partial charge in [0.05, 0.1) is 12.0 Å². The number of carbonyl (C=O) groups excluding carboxylic acids is 1. The average molecular weight is 182 g/mol. The molecule has 0 heterocycles. The van der Waals surface area contributed by atoms with E-state index in [1.165, 1.54) is 0 Å². The third-order valence-corrected chi connectivity index (χ3v) is 2.07. The molecule has 0 unspecified atom stereocenters. The summed E-state index contributed by atoms with van der Waals surface area (Å²) in [7, 11) is 1.56. The van der Waals surface area contributed by atoms with Gasteiger partial charge in [0, 0.05) is 5.56 Å². The second-order valence-corrected chi connectivity index (χ2v) is 2.97. The first-order chi connectivity index (χ1) is 5.69. The Morgan fingerprint density at radius 2 is 2.17 bits per heavy atom. The van der Waals surface area contributed by atoms with E-state index in [4.69, 9.17) is 4.74 Å². The first-order valence-corrected chi connectivity index (χ1v) is 3.96. The van der Waals surface area contributed by atoms with Crippen molar-refractivity contribution in [3.8, 4) is 5.75 Å². The minimum Gasteiger partial charge on any atom is -0.496 e. The van der Waals surface area contributed by atoms with Crippen LogP contribution in [0.4, 0.5) is 0 Å². The number of aldehydes is 1. The van der Waals surface area contributed by atoms with E-state index in [2.05, 4.69) is 12.6 Å². The number of thiol groups is 1. The molecule has 1 aromatic carbocycles. The van der Waals surface area contributed by atoms with Gasteiger partial charge in [0.25, 0.3) is 0 Å². The minimum absolute atomic E-state index is 0.565. The molecule has 0 fully saturated rings. The van der Waals surface area contributed by atoms with Crippen molar-refractivity contribution in [1.29, 1.82) is 0 Å². The lowest BCUT2D eigenvalue weighted by molar-refractivity contribution is 0.112. The summed E-state index contributed by atoms with van der Waals surface area (Å²) in [6, 6.07) is 3.62. The molecule has 0 saturated carbocycles. The normalized spacial score (nSPS) is 9.58. The summed E-state index contributed by atoms with van der Waals surface area (Å²) in [4.78, 5) is 11.1. The predicted molar refractivity (Wildman–Crippen MR) is 50.4 cm³/mol. The van der Waals surface area contributed by atoms with Crippen molar-refractivity contribution in [2.45, 2.75) is 11.8 Å². The highest BCUT2D eigenvalue weighted by atomic mass is 32.1. The zero-order valence-electron chi connectivity index (χ0n) is 7.00. The van der Waals surface area contributed by atoms with Crippen molar-refractivity contribution in [3.63, 3.8) is 0 Å². The van der Waals surface area contributed by atoms with E-state index >= 15 is 0 Å². The van der Waals surface area contributed by atoms with Crippen LogP contribution in [-0.2, 0) is 0 Å². The molecule has 12 heavy (non-hydrogen) atoms. The molecule has 1 aromatic rings. The van der Waals surface area contributed by atoms with Crippen LogP contribution >= 0.6 is 12.6 Å². The molecule has 0 radical (unpaired) electrons. The van der Waals surface area contributed by atoms with Crippen molar-refractivity contribution in [2.75, 3.05) is 7.11 Å². The van der Waals surface area contributed by atoms with E-state index in [1.54, 1.807) is 13.2 Å². The highest BCUT2D eigenvalue weighted by Gasteiger charge is 2.05. The molecule has 3 heteroatoms. The predicted octanol–water partition coefficient (Wildman–Crippen LogP) is 2.10. The topological polar surface area (TPSA) is 26.3 Å². The third-order valence-electron chi connectivity index (χ3n) is 1.60. The molecule has 2 nitrogen and oxygen atoms in total. The van der Waals surface area contributed by atoms with Gasteiger partial charge in [-0.15, -0.1) is 12.6 Å². The zero-order chi connectivity index (χ0) is 9.14. The Morgan fingerprint density at radius 1 is 1.50 bits per heavy atom. The largest absolute Gasteiger partial charge is 0.496 e. The summed E-state index contributed by atoms with van der Waals surface area (Å²) in [5, 5.41) is 0. The maximum atomic E-state index is 10.5. The molecular formula is C9H10O2S. The molecule has 0 amide bonds. The fourth-order valence-electron chi connectivity index (χ4n) is 1.02. The van der Waals surface area contributed by atoms with Crippen LogP contribution in [0.3, 0.4) is 0 Å². The van der Waals surface area contributed by atoms with Crippen LogP contribution in [0.2, 0.25) is 0 Å². The molecule has 0 saturated heterocycles. The fourth-order valence-corrected chi connectivity index (χ4v) is 1.29. The van der Waals surface area contributed by atoms with E-state index in [1.807, 2.05) is 13.0 Å². The number of rotatable bonds is 2. The molecular weight excluding hydrogens is 172 g/mol. The van der Waals surface area contributed by atoms with Crippen LogP contribution in [0, 0.1) is 6.92 Å². The summed E-state index contributed by atoms with van der Waals surface area (Å²) in [5.74, 6) is 0.639. The molecule has 0 atom stereocenters. The molecule has 0 aliphatic carbocycles. The number of benzene rings is 1. The highest BCUT2D eigenvalue weighted by Crippen LogP contribution is 2.26. The number of carbonyl (C=O) groups is 1. The molecule has 0 spiro atoms. The molecule has 1 rings (SSSR count). The van der Waals surface area contributed by atoms with Crippen molar-refractivity contribution in [3.05, 3.63) is 23.3 Å². The Bertz CT molecular complexity index is 308. The van der Waals surface area contributed by atoms with E-state index in [0.717, 1.165) is 11.8 Å². The molecule has 0 N–H and O–H groups in total. The highest BCUT2D eigenvalue weighted by molar-refractivity contribution is 7.80. The molecule has 0 aromatic heterocycles. The summed E-state index contributed by atoms with van der Waals surface area (Å²) in [6.45, 7) is 1.91. The summed E-state index contributed by atoms with van der Waals surface area (Å²) in [6.07, 6.45) is 0.776.